The number of ether oxygens (including phenoxy) is 1. The zero-order chi connectivity index (χ0) is 15.4. The Labute approximate surface area is 124 Å². The molecule has 0 fully saturated rings. The number of carbonyl (C=O) groups excluding carboxylic acids is 1. The van der Waals surface area contributed by atoms with Crippen molar-refractivity contribution in [2.24, 2.45) is 0 Å². The lowest BCUT2D eigenvalue weighted by molar-refractivity contribution is -0.384. The monoisotopic (exact) mass is 307 g/mol. The summed E-state index contributed by atoms with van der Waals surface area (Å²) in [5.41, 5.74) is 0.819. The Balaban J connectivity index is 2.14. The fourth-order valence-electron chi connectivity index (χ4n) is 1.61. The van der Waals surface area contributed by atoms with Crippen LogP contribution in [0.25, 0.3) is 0 Å². The number of hydrogen-bond acceptors (Lipinski definition) is 6. The van der Waals surface area contributed by atoms with Crippen molar-refractivity contribution in [2.45, 2.75) is 13.3 Å². The second-order valence-electron chi connectivity index (χ2n) is 4.14. The Hall–Kier alpha value is -2.54. The van der Waals surface area contributed by atoms with E-state index in [1.165, 1.54) is 25.3 Å². The van der Waals surface area contributed by atoms with E-state index in [0.29, 0.717) is 12.2 Å². The maximum atomic E-state index is 10.8. The third-order valence-electron chi connectivity index (χ3n) is 2.52. The van der Waals surface area contributed by atoms with Gasteiger partial charge in [-0.2, -0.15) is 0 Å². The number of nitro benzene ring substituents is 1. The van der Waals surface area contributed by atoms with Crippen LogP contribution in [0.1, 0.15) is 18.3 Å². The molecule has 0 spiro atoms. The molecule has 0 aliphatic carbocycles. The average molecular weight is 308 g/mol. The minimum atomic E-state index is -0.511. The molecule has 1 heterocycles. The molecule has 0 atom stereocenters. The lowest BCUT2D eigenvalue weighted by Crippen LogP contribution is -2.05. The van der Waals surface area contributed by atoms with Gasteiger partial charge in [-0.1, -0.05) is 23.7 Å². The molecule has 0 bridgehead atoms. The van der Waals surface area contributed by atoms with Crippen molar-refractivity contribution >= 4 is 23.3 Å². The van der Waals surface area contributed by atoms with Crippen LogP contribution in [0.5, 0.6) is 5.75 Å². The highest BCUT2D eigenvalue weighted by Crippen LogP contribution is 2.22. The summed E-state index contributed by atoms with van der Waals surface area (Å²) < 4.78 is 4.82. The van der Waals surface area contributed by atoms with Gasteiger partial charge in [-0.15, -0.1) is 0 Å². The Morgan fingerprint density at radius 2 is 2.05 bits per heavy atom. The highest BCUT2D eigenvalue weighted by molar-refractivity contribution is 6.30. The van der Waals surface area contributed by atoms with Gasteiger partial charge in [0.05, 0.1) is 11.1 Å². The molecule has 0 saturated heterocycles. The van der Waals surface area contributed by atoms with E-state index in [4.69, 9.17) is 16.3 Å². The predicted molar refractivity (Wildman–Crippen MR) is 74.3 cm³/mol. The maximum absolute atomic E-state index is 10.8. The van der Waals surface area contributed by atoms with Gasteiger partial charge in [-0.05, 0) is 5.56 Å². The quantitative estimate of drug-likeness (QED) is 0.373. The van der Waals surface area contributed by atoms with Crippen LogP contribution in [0.15, 0.2) is 30.5 Å². The fourth-order valence-corrected chi connectivity index (χ4v) is 1.80. The van der Waals surface area contributed by atoms with E-state index < -0.39 is 10.9 Å². The van der Waals surface area contributed by atoms with Gasteiger partial charge in [0.2, 0.25) is 0 Å². The molecular weight excluding hydrogens is 298 g/mol. The third-order valence-corrected chi connectivity index (χ3v) is 2.80. The smallest absolute Gasteiger partial charge is 0.308 e. The molecule has 0 aliphatic rings. The summed E-state index contributed by atoms with van der Waals surface area (Å²) >= 11 is 5.89. The highest BCUT2D eigenvalue weighted by Gasteiger charge is 2.10. The summed E-state index contributed by atoms with van der Waals surface area (Å²) in [7, 11) is 0. The van der Waals surface area contributed by atoms with Gasteiger partial charge < -0.3 is 4.74 Å². The summed E-state index contributed by atoms with van der Waals surface area (Å²) in [5, 5.41) is 10.6. The van der Waals surface area contributed by atoms with Crippen molar-refractivity contribution in [1.82, 2.24) is 9.97 Å². The maximum Gasteiger partial charge on any atom is 0.308 e. The highest BCUT2D eigenvalue weighted by atomic mass is 35.5. The number of nitrogens with zero attached hydrogens (tertiary/aromatic N) is 3. The van der Waals surface area contributed by atoms with Crippen molar-refractivity contribution in [3.05, 3.63) is 57.1 Å². The molecule has 1 aromatic carbocycles. The fraction of sp³-hybridized carbons (Fsp3) is 0.154. The number of aromatic nitrogens is 2. The number of hydrogen-bond donors (Lipinski definition) is 0. The van der Waals surface area contributed by atoms with Gasteiger partial charge in [0, 0.05) is 25.5 Å². The molecule has 21 heavy (non-hydrogen) atoms. The van der Waals surface area contributed by atoms with Gasteiger partial charge in [-0.25, -0.2) is 9.97 Å². The van der Waals surface area contributed by atoms with Crippen LogP contribution >= 0.6 is 11.6 Å². The van der Waals surface area contributed by atoms with E-state index in [-0.39, 0.29) is 16.6 Å². The van der Waals surface area contributed by atoms with Crippen molar-refractivity contribution in [2.75, 3.05) is 0 Å². The van der Waals surface area contributed by atoms with Crippen LogP contribution < -0.4 is 4.74 Å². The molecule has 2 aromatic rings. The molecule has 8 heteroatoms. The molecule has 0 N–H and O–H groups in total. The van der Waals surface area contributed by atoms with Crippen molar-refractivity contribution in [3.63, 3.8) is 0 Å². The number of non-ortho nitro benzene ring substituents is 1. The summed E-state index contributed by atoms with van der Waals surface area (Å²) in [5.74, 6) is 0.00462. The van der Waals surface area contributed by atoms with Crippen molar-refractivity contribution in [3.8, 4) is 5.75 Å². The van der Waals surface area contributed by atoms with E-state index in [9.17, 15) is 14.9 Å². The first-order valence-corrected chi connectivity index (χ1v) is 6.26. The Kier molecular flexibility index (Phi) is 4.44. The lowest BCUT2D eigenvalue weighted by atomic mass is 10.1. The van der Waals surface area contributed by atoms with E-state index >= 15 is 0 Å². The number of halogens is 1. The Morgan fingerprint density at radius 1 is 1.38 bits per heavy atom. The van der Waals surface area contributed by atoms with Gasteiger partial charge in [0.15, 0.2) is 10.9 Å². The molecule has 2 rings (SSSR count). The zero-order valence-corrected chi connectivity index (χ0v) is 11.7. The van der Waals surface area contributed by atoms with Crippen LogP contribution in [0.2, 0.25) is 5.15 Å². The molecule has 7 nitrogen and oxygen atoms in total. The first-order valence-electron chi connectivity index (χ1n) is 5.89. The van der Waals surface area contributed by atoms with E-state index in [1.807, 2.05) is 0 Å². The topological polar surface area (TPSA) is 95.2 Å². The minimum Gasteiger partial charge on any atom is -0.422 e. The number of rotatable bonds is 4. The minimum absolute atomic E-state index is 0.0166. The normalized spacial score (nSPS) is 10.2. The molecule has 0 saturated carbocycles. The van der Waals surface area contributed by atoms with Gasteiger partial charge >= 0.3 is 5.97 Å². The van der Waals surface area contributed by atoms with Crippen molar-refractivity contribution in [1.29, 1.82) is 0 Å². The first kappa shape index (κ1) is 14.9. The van der Waals surface area contributed by atoms with Gasteiger partial charge in [0.1, 0.15) is 5.82 Å². The molecule has 108 valence electrons. The van der Waals surface area contributed by atoms with E-state index in [1.54, 1.807) is 12.1 Å². The van der Waals surface area contributed by atoms with Crippen molar-refractivity contribution < 1.29 is 14.5 Å². The average Bonchev–Trinajstić information content (AvgIpc) is 2.42. The van der Waals surface area contributed by atoms with Gasteiger partial charge in [-0.3, -0.25) is 14.9 Å². The Bertz CT molecular complexity index is 688. The van der Waals surface area contributed by atoms with Crippen LogP contribution in [0, 0.1) is 10.1 Å². The molecule has 0 amide bonds. The van der Waals surface area contributed by atoms with Crippen LogP contribution in [0.3, 0.4) is 0 Å². The van der Waals surface area contributed by atoms with Crippen LogP contribution in [0.4, 0.5) is 5.69 Å². The lowest BCUT2D eigenvalue weighted by Gasteiger charge is -2.05. The van der Waals surface area contributed by atoms with E-state index in [2.05, 4.69) is 9.97 Å². The number of esters is 1. The molecule has 1 aromatic heterocycles. The molecule has 0 radical (unpaired) electrons. The van der Waals surface area contributed by atoms with E-state index in [0.717, 1.165) is 5.56 Å². The standard InChI is InChI=1S/C13H10ClN3O4/c1-8(18)21-11-7-15-12(16-13(11)14)6-9-2-4-10(5-3-9)17(19)20/h2-5,7H,6H2,1H3. The first-order chi connectivity index (χ1) is 9.95. The second kappa shape index (κ2) is 6.27. The summed E-state index contributed by atoms with van der Waals surface area (Å²) in [4.78, 5) is 29.0. The Morgan fingerprint density at radius 3 is 2.57 bits per heavy atom. The summed E-state index contributed by atoms with van der Waals surface area (Å²) in [6, 6.07) is 6.05. The van der Waals surface area contributed by atoms with Gasteiger partial charge in [0.25, 0.3) is 5.69 Å². The third kappa shape index (κ3) is 3.96. The zero-order valence-electron chi connectivity index (χ0n) is 10.9. The molecular formula is C13H10ClN3O4. The molecule has 0 aliphatic heterocycles. The van der Waals surface area contributed by atoms with Crippen LogP contribution in [-0.2, 0) is 11.2 Å². The second-order valence-corrected chi connectivity index (χ2v) is 4.49. The summed E-state index contributed by atoms with van der Waals surface area (Å²) in [6.45, 7) is 1.25. The van der Waals surface area contributed by atoms with Crippen LogP contribution in [-0.4, -0.2) is 20.9 Å². The number of benzene rings is 1. The SMILES string of the molecule is CC(=O)Oc1cnc(Cc2ccc([N+](=O)[O-])cc2)nc1Cl. The molecule has 0 unspecified atom stereocenters. The summed E-state index contributed by atoms with van der Waals surface area (Å²) in [6.07, 6.45) is 1.68. The number of nitro groups is 1. The predicted octanol–water partition coefficient (Wildman–Crippen LogP) is 2.55. The largest absolute Gasteiger partial charge is 0.422 e. The number of carbonyl (C=O) groups is 1.